The molecule has 3 nitrogen and oxygen atoms in total. The molecule has 0 aromatic heterocycles. The van der Waals surface area contributed by atoms with Crippen molar-refractivity contribution in [2.45, 2.75) is 25.1 Å². The largest absolute Gasteiger partial charge is 0.480 e. The lowest BCUT2D eigenvalue weighted by Gasteiger charge is -2.28. The van der Waals surface area contributed by atoms with E-state index in [9.17, 15) is 18.0 Å². The predicted octanol–water partition coefficient (Wildman–Crippen LogP) is 1.00. The van der Waals surface area contributed by atoms with Gasteiger partial charge in [-0.05, 0) is 12.8 Å². The van der Waals surface area contributed by atoms with Crippen molar-refractivity contribution in [2.24, 2.45) is 5.92 Å². The van der Waals surface area contributed by atoms with Crippen LogP contribution in [0.4, 0.5) is 13.2 Å². The Bertz CT molecular complexity index is 196. The van der Waals surface area contributed by atoms with Gasteiger partial charge in [-0.25, -0.2) is 0 Å². The van der Waals surface area contributed by atoms with Gasteiger partial charge in [-0.3, -0.25) is 4.79 Å². The minimum atomic E-state index is -4.21. The minimum absolute atomic E-state index is 0.0412. The van der Waals surface area contributed by atoms with Gasteiger partial charge in [0.1, 0.15) is 6.04 Å². The van der Waals surface area contributed by atoms with Crippen LogP contribution in [0.5, 0.6) is 0 Å². The molecule has 1 aliphatic rings. The Kier molecular flexibility index (Phi) is 2.80. The number of carboxylic acid groups (broad SMARTS) is 1. The monoisotopic (exact) mass is 197 g/mol. The minimum Gasteiger partial charge on any atom is -0.480 e. The second-order valence-corrected chi connectivity index (χ2v) is 3.11. The number of piperidine rings is 1. The number of hydrogen-bond acceptors (Lipinski definition) is 2. The van der Waals surface area contributed by atoms with Crippen molar-refractivity contribution in [1.29, 1.82) is 0 Å². The molecule has 76 valence electrons. The van der Waals surface area contributed by atoms with Crippen LogP contribution < -0.4 is 5.32 Å². The molecule has 2 atom stereocenters. The summed E-state index contributed by atoms with van der Waals surface area (Å²) in [5.74, 6) is -2.48. The van der Waals surface area contributed by atoms with Crippen LogP contribution >= 0.6 is 0 Å². The molecule has 1 heterocycles. The lowest BCUT2D eigenvalue weighted by atomic mass is 9.94. The summed E-state index contributed by atoms with van der Waals surface area (Å²) in [7, 11) is 0. The standard InChI is InChI=1S/C7H10F3NO2/c8-7(9,10)4-1-2-5(6(12)13)11-3-4/h4-5,11H,1-3H2,(H,12,13)/t4-,5-/m1/s1. The van der Waals surface area contributed by atoms with Crippen LogP contribution in [0.25, 0.3) is 0 Å². The van der Waals surface area contributed by atoms with E-state index in [2.05, 4.69) is 5.32 Å². The van der Waals surface area contributed by atoms with Gasteiger partial charge < -0.3 is 10.4 Å². The van der Waals surface area contributed by atoms with Gasteiger partial charge in [-0.2, -0.15) is 13.2 Å². The van der Waals surface area contributed by atoms with Crippen molar-refractivity contribution in [2.75, 3.05) is 6.54 Å². The van der Waals surface area contributed by atoms with Crippen molar-refractivity contribution in [3.8, 4) is 0 Å². The molecule has 1 aliphatic heterocycles. The molecule has 0 saturated carbocycles. The highest BCUT2D eigenvalue weighted by molar-refractivity contribution is 5.73. The van der Waals surface area contributed by atoms with E-state index >= 15 is 0 Å². The van der Waals surface area contributed by atoms with E-state index in [-0.39, 0.29) is 19.4 Å². The number of carboxylic acids is 1. The smallest absolute Gasteiger partial charge is 0.393 e. The van der Waals surface area contributed by atoms with E-state index in [1.165, 1.54) is 0 Å². The average Bonchev–Trinajstić information content (AvgIpc) is 2.03. The average molecular weight is 197 g/mol. The van der Waals surface area contributed by atoms with E-state index in [1.54, 1.807) is 0 Å². The van der Waals surface area contributed by atoms with Crippen molar-refractivity contribution in [1.82, 2.24) is 5.32 Å². The zero-order valence-electron chi connectivity index (χ0n) is 6.77. The summed E-state index contributed by atoms with van der Waals surface area (Å²) in [6.07, 6.45) is -4.27. The van der Waals surface area contributed by atoms with Gasteiger partial charge in [-0.15, -0.1) is 0 Å². The molecular formula is C7H10F3NO2. The maximum Gasteiger partial charge on any atom is 0.393 e. The van der Waals surface area contributed by atoms with Crippen molar-refractivity contribution < 1.29 is 23.1 Å². The van der Waals surface area contributed by atoms with Crippen LogP contribution in [0.15, 0.2) is 0 Å². The Labute approximate surface area is 72.9 Å². The Morgan fingerprint density at radius 1 is 1.38 bits per heavy atom. The Morgan fingerprint density at radius 3 is 2.31 bits per heavy atom. The number of aliphatic carboxylic acids is 1. The van der Waals surface area contributed by atoms with E-state index in [4.69, 9.17) is 5.11 Å². The molecule has 13 heavy (non-hydrogen) atoms. The third kappa shape index (κ3) is 2.58. The molecule has 0 unspecified atom stereocenters. The quantitative estimate of drug-likeness (QED) is 0.659. The van der Waals surface area contributed by atoms with Crippen LogP contribution in [0.1, 0.15) is 12.8 Å². The highest BCUT2D eigenvalue weighted by Gasteiger charge is 2.42. The number of rotatable bonds is 1. The van der Waals surface area contributed by atoms with Crippen LogP contribution in [0.2, 0.25) is 0 Å². The lowest BCUT2D eigenvalue weighted by molar-refractivity contribution is -0.181. The summed E-state index contributed by atoms with van der Waals surface area (Å²) >= 11 is 0. The molecule has 0 aliphatic carbocycles. The van der Waals surface area contributed by atoms with E-state index < -0.39 is 24.1 Å². The Balaban J connectivity index is 2.44. The zero-order chi connectivity index (χ0) is 10.1. The normalized spacial score (nSPS) is 30.1. The molecule has 0 bridgehead atoms. The molecule has 0 radical (unpaired) electrons. The number of carbonyl (C=O) groups is 1. The predicted molar refractivity (Wildman–Crippen MR) is 38.2 cm³/mol. The molecule has 1 saturated heterocycles. The summed E-state index contributed by atoms with van der Waals surface area (Å²) < 4.78 is 36.2. The summed E-state index contributed by atoms with van der Waals surface area (Å²) in [6, 6.07) is -0.821. The Hall–Kier alpha value is -0.780. The van der Waals surface area contributed by atoms with Crippen LogP contribution in [0, 0.1) is 5.92 Å². The fourth-order valence-corrected chi connectivity index (χ4v) is 1.35. The van der Waals surface area contributed by atoms with Gasteiger partial charge in [-0.1, -0.05) is 0 Å². The topological polar surface area (TPSA) is 49.3 Å². The fraction of sp³-hybridized carbons (Fsp3) is 0.857. The van der Waals surface area contributed by atoms with Gasteiger partial charge in [0, 0.05) is 6.54 Å². The summed E-state index contributed by atoms with van der Waals surface area (Å²) in [6.45, 7) is -0.291. The maximum atomic E-state index is 12.1. The first kappa shape index (κ1) is 10.3. The molecule has 0 amide bonds. The maximum absolute atomic E-state index is 12.1. The van der Waals surface area contributed by atoms with E-state index in [0.717, 1.165) is 0 Å². The van der Waals surface area contributed by atoms with Crippen molar-refractivity contribution in [3.05, 3.63) is 0 Å². The third-order valence-electron chi connectivity index (χ3n) is 2.18. The second kappa shape index (κ2) is 3.53. The molecule has 1 fully saturated rings. The molecule has 1 rings (SSSR count). The highest BCUT2D eigenvalue weighted by atomic mass is 19.4. The van der Waals surface area contributed by atoms with Gasteiger partial charge in [0.2, 0.25) is 0 Å². The van der Waals surface area contributed by atoms with Crippen LogP contribution in [-0.4, -0.2) is 29.8 Å². The fourth-order valence-electron chi connectivity index (χ4n) is 1.35. The molecule has 6 heteroatoms. The summed E-state index contributed by atoms with van der Waals surface area (Å²) in [5.41, 5.74) is 0. The number of halogens is 3. The first-order valence-corrected chi connectivity index (χ1v) is 3.94. The van der Waals surface area contributed by atoms with Gasteiger partial charge in [0.15, 0.2) is 0 Å². The summed E-state index contributed by atoms with van der Waals surface area (Å²) in [4.78, 5) is 10.4. The van der Waals surface area contributed by atoms with Crippen molar-refractivity contribution >= 4 is 5.97 Å². The lowest BCUT2D eigenvalue weighted by Crippen LogP contribution is -2.47. The molecule has 0 aromatic carbocycles. The van der Waals surface area contributed by atoms with Crippen LogP contribution in [0.3, 0.4) is 0 Å². The molecule has 2 N–H and O–H groups in total. The Morgan fingerprint density at radius 2 is 2.00 bits per heavy atom. The van der Waals surface area contributed by atoms with E-state index in [1.807, 2.05) is 0 Å². The van der Waals surface area contributed by atoms with Gasteiger partial charge >= 0.3 is 12.1 Å². The molecule has 0 spiro atoms. The molecular weight excluding hydrogens is 187 g/mol. The zero-order valence-corrected chi connectivity index (χ0v) is 6.77. The van der Waals surface area contributed by atoms with Gasteiger partial charge in [0.05, 0.1) is 5.92 Å². The van der Waals surface area contributed by atoms with Crippen LogP contribution in [-0.2, 0) is 4.79 Å². The van der Waals surface area contributed by atoms with Gasteiger partial charge in [0.25, 0.3) is 0 Å². The SMILES string of the molecule is O=C(O)[C@H]1CC[C@@H](C(F)(F)F)CN1. The number of hydrogen-bond donors (Lipinski definition) is 2. The van der Waals surface area contributed by atoms with Crippen molar-refractivity contribution in [3.63, 3.8) is 0 Å². The highest BCUT2D eigenvalue weighted by Crippen LogP contribution is 2.31. The number of nitrogens with one attached hydrogen (secondary N) is 1. The number of alkyl halides is 3. The van der Waals surface area contributed by atoms with E-state index in [0.29, 0.717) is 0 Å². The molecule has 0 aromatic rings. The summed E-state index contributed by atoms with van der Waals surface area (Å²) in [5, 5.41) is 10.8. The second-order valence-electron chi connectivity index (χ2n) is 3.11. The third-order valence-corrected chi connectivity index (χ3v) is 2.18. The first-order chi connectivity index (χ1) is 5.91. The first-order valence-electron chi connectivity index (χ1n) is 3.94.